The van der Waals surface area contributed by atoms with Crippen LogP contribution in [0, 0.1) is 5.92 Å². The van der Waals surface area contributed by atoms with Gasteiger partial charge in [0.25, 0.3) is 0 Å². The molecule has 1 aromatic rings. The molecule has 6 nitrogen and oxygen atoms in total. The van der Waals surface area contributed by atoms with E-state index in [0.717, 1.165) is 23.4 Å². The number of thioether (sulfide) groups is 1. The standard InChI is InChI=1S/C22H29N3O3S/c26-20(23-16-7-3-1-2-4-8-16)15-11-13-25(14-12-15)22(28)19-21(27)24-17-9-5-6-10-18(17)29-19/h5-6,9-10,15-16,19H,1-4,7-8,11-14H2,(H,23,26)(H,24,27)/t19-/m1/s1. The second-order valence-electron chi connectivity index (χ2n) is 8.28. The lowest BCUT2D eigenvalue weighted by Gasteiger charge is -2.34. The topological polar surface area (TPSA) is 78.5 Å². The number of piperidine rings is 1. The van der Waals surface area contributed by atoms with Crippen molar-refractivity contribution < 1.29 is 14.4 Å². The zero-order valence-electron chi connectivity index (χ0n) is 16.7. The van der Waals surface area contributed by atoms with Crippen LogP contribution >= 0.6 is 11.8 Å². The molecule has 3 aliphatic rings. The fraction of sp³-hybridized carbons (Fsp3) is 0.591. The van der Waals surface area contributed by atoms with Gasteiger partial charge in [-0.3, -0.25) is 14.4 Å². The predicted octanol–water partition coefficient (Wildman–Crippen LogP) is 3.18. The van der Waals surface area contributed by atoms with Crippen LogP contribution in [0.25, 0.3) is 0 Å². The van der Waals surface area contributed by atoms with Crippen molar-refractivity contribution in [3.8, 4) is 0 Å². The van der Waals surface area contributed by atoms with Crippen molar-refractivity contribution in [2.45, 2.75) is 67.6 Å². The van der Waals surface area contributed by atoms with E-state index in [2.05, 4.69) is 10.6 Å². The van der Waals surface area contributed by atoms with E-state index in [9.17, 15) is 14.4 Å². The molecule has 1 saturated carbocycles. The molecule has 2 heterocycles. The third-order valence-corrected chi connectivity index (χ3v) is 7.49. The summed E-state index contributed by atoms with van der Waals surface area (Å²) in [5.41, 5.74) is 0.764. The maximum atomic E-state index is 12.9. The number of nitrogens with zero attached hydrogens (tertiary/aromatic N) is 1. The smallest absolute Gasteiger partial charge is 0.247 e. The van der Waals surface area contributed by atoms with Gasteiger partial charge in [-0.1, -0.05) is 37.8 Å². The zero-order valence-corrected chi connectivity index (χ0v) is 17.5. The number of hydrogen-bond donors (Lipinski definition) is 2. The van der Waals surface area contributed by atoms with Gasteiger partial charge in [0.1, 0.15) is 0 Å². The molecule has 29 heavy (non-hydrogen) atoms. The predicted molar refractivity (Wildman–Crippen MR) is 114 cm³/mol. The van der Waals surface area contributed by atoms with Crippen LogP contribution in [-0.4, -0.2) is 47.0 Å². The molecule has 1 aromatic carbocycles. The first-order chi connectivity index (χ1) is 14.1. The summed E-state index contributed by atoms with van der Waals surface area (Å²) in [5, 5.41) is 5.33. The summed E-state index contributed by atoms with van der Waals surface area (Å²) in [6, 6.07) is 7.85. The molecule has 4 rings (SSSR count). The quantitative estimate of drug-likeness (QED) is 0.587. The maximum absolute atomic E-state index is 12.9. The van der Waals surface area contributed by atoms with Crippen molar-refractivity contribution in [3.05, 3.63) is 24.3 Å². The van der Waals surface area contributed by atoms with Gasteiger partial charge in [0, 0.05) is 29.9 Å². The summed E-state index contributed by atoms with van der Waals surface area (Å²) < 4.78 is 0. The van der Waals surface area contributed by atoms with E-state index in [1.165, 1.54) is 37.4 Å². The molecule has 1 aliphatic carbocycles. The number of benzene rings is 1. The van der Waals surface area contributed by atoms with E-state index >= 15 is 0 Å². The highest BCUT2D eigenvalue weighted by atomic mass is 32.2. The van der Waals surface area contributed by atoms with Gasteiger partial charge >= 0.3 is 0 Å². The third-order valence-electron chi connectivity index (χ3n) is 6.23. The Morgan fingerprint density at radius 1 is 1.00 bits per heavy atom. The number of amides is 3. The van der Waals surface area contributed by atoms with Gasteiger partial charge in [-0.25, -0.2) is 0 Å². The molecule has 0 aromatic heterocycles. The first kappa shape index (κ1) is 20.3. The lowest BCUT2D eigenvalue weighted by molar-refractivity contribution is -0.137. The minimum absolute atomic E-state index is 0.0316. The van der Waals surface area contributed by atoms with Crippen molar-refractivity contribution in [2.24, 2.45) is 5.92 Å². The first-order valence-electron chi connectivity index (χ1n) is 10.8. The van der Waals surface area contributed by atoms with Crippen molar-refractivity contribution in [1.82, 2.24) is 10.2 Å². The van der Waals surface area contributed by atoms with Gasteiger partial charge in [0.15, 0.2) is 5.25 Å². The lowest BCUT2D eigenvalue weighted by Crippen LogP contribution is -2.50. The highest BCUT2D eigenvalue weighted by Gasteiger charge is 2.37. The van der Waals surface area contributed by atoms with Crippen LogP contribution < -0.4 is 10.6 Å². The average Bonchev–Trinajstić information content (AvgIpc) is 3.01. The maximum Gasteiger partial charge on any atom is 0.247 e. The summed E-state index contributed by atoms with van der Waals surface area (Å²) in [6.45, 7) is 1.07. The Morgan fingerprint density at radius 2 is 1.69 bits per heavy atom. The molecule has 2 N–H and O–H groups in total. The minimum Gasteiger partial charge on any atom is -0.353 e. The number of rotatable bonds is 3. The van der Waals surface area contributed by atoms with Gasteiger partial charge in [-0.2, -0.15) is 0 Å². The van der Waals surface area contributed by atoms with Gasteiger partial charge < -0.3 is 15.5 Å². The van der Waals surface area contributed by atoms with Crippen LogP contribution in [0.3, 0.4) is 0 Å². The number of hydrogen-bond acceptors (Lipinski definition) is 4. The van der Waals surface area contributed by atoms with Crippen LogP contribution in [0.4, 0.5) is 5.69 Å². The zero-order chi connectivity index (χ0) is 20.2. The molecule has 3 amide bonds. The van der Waals surface area contributed by atoms with Crippen LogP contribution in [0.1, 0.15) is 51.4 Å². The number of fused-ring (bicyclic) bond motifs is 1. The van der Waals surface area contributed by atoms with E-state index < -0.39 is 5.25 Å². The number of anilines is 1. The Hall–Kier alpha value is -2.02. The van der Waals surface area contributed by atoms with Crippen molar-refractivity contribution in [2.75, 3.05) is 18.4 Å². The normalized spacial score (nSPS) is 23.7. The molecule has 156 valence electrons. The van der Waals surface area contributed by atoms with Crippen LogP contribution in [0.15, 0.2) is 29.2 Å². The summed E-state index contributed by atoms with van der Waals surface area (Å²) >= 11 is 1.32. The Kier molecular flexibility index (Phi) is 6.43. The van der Waals surface area contributed by atoms with Gasteiger partial charge in [0.05, 0.1) is 5.69 Å². The number of carbonyl (C=O) groups is 3. The molecule has 0 unspecified atom stereocenters. The summed E-state index contributed by atoms with van der Waals surface area (Å²) in [7, 11) is 0. The number of carbonyl (C=O) groups excluding carboxylic acids is 3. The second-order valence-corrected chi connectivity index (χ2v) is 9.43. The highest BCUT2D eigenvalue weighted by Crippen LogP contribution is 2.36. The highest BCUT2D eigenvalue weighted by molar-refractivity contribution is 8.01. The fourth-order valence-electron chi connectivity index (χ4n) is 4.48. The van der Waals surface area contributed by atoms with Gasteiger partial charge in [0.2, 0.25) is 17.7 Å². The molecule has 0 bridgehead atoms. The molecule has 0 radical (unpaired) electrons. The largest absolute Gasteiger partial charge is 0.353 e. The van der Waals surface area contributed by atoms with E-state index in [4.69, 9.17) is 0 Å². The van der Waals surface area contributed by atoms with Crippen LogP contribution in [-0.2, 0) is 14.4 Å². The molecular formula is C22H29N3O3S. The molecule has 1 atom stereocenters. The van der Waals surface area contributed by atoms with E-state index in [1.54, 1.807) is 4.90 Å². The second kappa shape index (κ2) is 9.20. The third kappa shape index (κ3) is 4.77. The SMILES string of the molecule is O=C(NC1CCCCCC1)C1CCN(C(=O)[C@@H]2Sc3ccccc3NC2=O)CC1. The van der Waals surface area contributed by atoms with Gasteiger partial charge in [-0.15, -0.1) is 11.8 Å². The molecule has 0 spiro atoms. The summed E-state index contributed by atoms with van der Waals surface area (Å²) in [6.07, 6.45) is 8.43. The van der Waals surface area contributed by atoms with Crippen molar-refractivity contribution >= 4 is 35.2 Å². The molecule has 2 fully saturated rings. The monoisotopic (exact) mass is 415 g/mol. The number of likely N-dealkylation sites (tertiary alicyclic amines) is 1. The van der Waals surface area contributed by atoms with Crippen LogP contribution in [0.5, 0.6) is 0 Å². The Bertz CT molecular complexity index is 768. The number of para-hydroxylation sites is 1. The first-order valence-corrected chi connectivity index (χ1v) is 11.7. The van der Waals surface area contributed by atoms with E-state index in [1.807, 2.05) is 24.3 Å². The van der Waals surface area contributed by atoms with E-state index in [0.29, 0.717) is 32.0 Å². The number of nitrogens with one attached hydrogen (secondary N) is 2. The van der Waals surface area contributed by atoms with Crippen molar-refractivity contribution in [1.29, 1.82) is 0 Å². The van der Waals surface area contributed by atoms with Crippen LogP contribution in [0.2, 0.25) is 0 Å². The lowest BCUT2D eigenvalue weighted by atomic mass is 9.94. The molecule has 2 aliphatic heterocycles. The molecule has 7 heteroatoms. The summed E-state index contributed by atoms with van der Waals surface area (Å²) in [4.78, 5) is 40.7. The van der Waals surface area contributed by atoms with Crippen molar-refractivity contribution in [3.63, 3.8) is 0 Å². The Balaban J connectivity index is 1.29. The average molecular weight is 416 g/mol. The Labute approximate surface area is 176 Å². The fourth-order valence-corrected chi connectivity index (χ4v) is 5.56. The Morgan fingerprint density at radius 3 is 2.41 bits per heavy atom. The summed E-state index contributed by atoms with van der Waals surface area (Å²) in [5.74, 6) is -0.296. The van der Waals surface area contributed by atoms with Gasteiger partial charge in [-0.05, 0) is 37.8 Å². The van der Waals surface area contributed by atoms with E-state index in [-0.39, 0.29) is 23.6 Å². The minimum atomic E-state index is -0.749. The molecule has 1 saturated heterocycles. The molecular weight excluding hydrogens is 386 g/mol.